The van der Waals surface area contributed by atoms with E-state index in [1.165, 1.54) is 38.2 Å². The molecule has 0 aliphatic heterocycles. The van der Waals surface area contributed by atoms with E-state index < -0.39 is 0 Å². The van der Waals surface area contributed by atoms with Crippen molar-refractivity contribution in [3.63, 3.8) is 0 Å². The van der Waals surface area contributed by atoms with Gasteiger partial charge in [0.15, 0.2) is 0 Å². The summed E-state index contributed by atoms with van der Waals surface area (Å²) >= 11 is 5.77. The summed E-state index contributed by atoms with van der Waals surface area (Å²) < 4.78 is 0. The van der Waals surface area contributed by atoms with Crippen molar-refractivity contribution in [3.8, 4) is 0 Å². The maximum atomic E-state index is 10.3. The number of aryl methyl sites for hydroxylation is 1. The number of benzene rings is 3. The van der Waals surface area contributed by atoms with Crippen molar-refractivity contribution in [1.29, 1.82) is 0 Å². The molecule has 0 spiro atoms. The number of halogens is 1. The van der Waals surface area contributed by atoms with Gasteiger partial charge in [-0.15, -0.1) is 0 Å². The van der Waals surface area contributed by atoms with Crippen LogP contribution in [0.1, 0.15) is 23.5 Å². The highest BCUT2D eigenvalue weighted by molar-refractivity contribution is 6.25. The smallest absolute Gasteiger partial charge is 0.0647 e. The summed E-state index contributed by atoms with van der Waals surface area (Å²) in [6.45, 7) is 0. The lowest BCUT2D eigenvalue weighted by Crippen LogP contribution is -2.24. The van der Waals surface area contributed by atoms with Gasteiger partial charge < -0.3 is 5.11 Å². The van der Waals surface area contributed by atoms with Crippen molar-refractivity contribution in [2.24, 2.45) is 0 Å². The van der Waals surface area contributed by atoms with Gasteiger partial charge in [-0.2, -0.15) is 0 Å². The summed E-state index contributed by atoms with van der Waals surface area (Å²) in [6, 6.07) is 17.2. The first-order valence-corrected chi connectivity index (χ1v) is 8.11. The number of aliphatic hydroxyl groups excluding tert-OH is 1. The van der Waals surface area contributed by atoms with E-state index in [0.717, 1.165) is 12.8 Å². The first-order chi connectivity index (χ1) is 10.8. The third-order valence-electron chi connectivity index (χ3n) is 4.82. The molecule has 4 rings (SSSR count). The molecule has 0 radical (unpaired) electrons. The largest absolute Gasteiger partial charge is 0.392 e. The SMILES string of the molecule is OC1CCc2c(ccc3c2ccc2ccccc23)C1C=CCl. The molecule has 1 aliphatic rings. The van der Waals surface area contributed by atoms with Gasteiger partial charge in [0.2, 0.25) is 0 Å². The van der Waals surface area contributed by atoms with Gasteiger partial charge in [-0.3, -0.25) is 0 Å². The molecule has 0 aromatic heterocycles. The lowest BCUT2D eigenvalue weighted by Gasteiger charge is -2.29. The summed E-state index contributed by atoms with van der Waals surface area (Å²) in [5.74, 6) is -0.00267. The average Bonchev–Trinajstić information content (AvgIpc) is 2.56. The standard InChI is InChI=1S/C20H17ClO/c21-12-11-19-18-8-7-15-14-4-2-1-3-13(14)5-6-16(15)17(18)9-10-20(19)22/h1-8,11-12,19-20,22H,9-10H2. The Balaban J connectivity index is 2.02. The van der Waals surface area contributed by atoms with Crippen molar-refractivity contribution in [3.05, 3.63) is 71.3 Å². The topological polar surface area (TPSA) is 20.2 Å². The molecule has 0 saturated heterocycles. The van der Waals surface area contributed by atoms with E-state index in [-0.39, 0.29) is 12.0 Å². The van der Waals surface area contributed by atoms with Crippen LogP contribution < -0.4 is 0 Å². The maximum absolute atomic E-state index is 10.3. The Bertz CT molecular complexity index is 881. The molecule has 2 unspecified atom stereocenters. The van der Waals surface area contributed by atoms with Gasteiger partial charge in [0.25, 0.3) is 0 Å². The molecule has 0 saturated carbocycles. The molecule has 2 heteroatoms. The quantitative estimate of drug-likeness (QED) is 0.617. The van der Waals surface area contributed by atoms with Crippen LogP contribution in [0.3, 0.4) is 0 Å². The van der Waals surface area contributed by atoms with Crippen LogP contribution in [0.5, 0.6) is 0 Å². The van der Waals surface area contributed by atoms with E-state index in [1.54, 1.807) is 0 Å². The van der Waals surface area contributed by atoms with Gasteiger partial charge >= 0.3 is 0 Å². The van der Waals surface area contributed by atoms with E-state index in [0.29, 0.717) is 0 Å². The number of fused-ring (bicyclic) bond motifs is 5. The third-order valence-corrected chi connectivity index (χ3v) is 4.96. The zero-order chi connectivity index (χ0) is 15.1. The molecule has 22 heavy (non-hydrogen) atoms. The monoisotopic (exact) mass is 308 g/mol. The van der Waals surface area contributed by atoms with Crippen molar-refractivity contribution >= 4 is 33.1 Å². The van der Waals surface area contributed by atoms with Crippen LogP contribution in [0.25, 0.3) is 21.5 Å². The zero-order valence-electron chi connectivity index (χ0n) is 12.2. The number of hydrogen-bond donors (Lipinski definition) is 1. The minimum absolute atomic E-state index is 0.00267. The maximum Gasteiger partial charge on any atom is 0.0647 e. The fraction of sp³-hybridized carbons (Fsp3) is 0.200. The number of hydrogen-bond acceptors (Lipinski definition) is 1. The Morgan fingerprint density at radius 1 is 0.955 bits per heavy atom. The lowest BCUT2D eigenvalue weighted by molar-refractivity contribution is 0.142. The van der Waals surface area contributed by atoms with Gasteiger partial charge in [0.05, 0.1) is 6.10 Å². The third kappa shape index (κ3) is 2.05. The summed E-state index contributed by atoms with van der Waals surface area (Å²) in [6.07, 6.45) is 3.25. The van der Waals surface area contributed by atoms with Crippen LogP contribution in [0.15, 0.2) is 60.1 Å². The van der Waals surface area contributed by atoms with E-state index in [9.17, 15) is 5.11 Å². The van der Waals surface area contributed by atoms with Crippen molar-refractivity contribution in [2.75, 3.05) is 0 Å². The highest BCUT2D eigenvalue weighted by Crippen LogP contribution is 2.39. The second kappa shape index (κ2) is 5.42. The second-order valence-corrected chi connectivity index (χ2v) is 6.22. The molecule has 2 atom stereocenters. The van der Waals surface area contributed by atoms with Crippen molar-refractivity contribution < 1.29 is 5.11 Å². The lowest BCUT2D eigenvalue weighted by atomic mass is 9.78. The van der Waals surface area contributed by atoms with Gasteiger partial charge in [-0.05, 0) is 45.5 Å². The average molecular weight is 309 g/mol. The Hall–Kier alpha value is -1.83. The predicted molar refractivity (Wildman–Crippen MR) is 93.5 cm³/mol. The highest BCUT2D eigenvalue weighted by atomic mass is 35.5. The van der Waals surface area contributed by atoms with Gasteiger partial charge in [0.1, 0.15) is 0 Å². The molecular weight excluding hydrogens is 292 g/mol. The van der Waals surface area contributed by atoms with Crippen LogP contribution in [0, 0.1) is 0 Å². The molecular formula is C20H17ClO. The highest BCUT2D eigenvalue weighted by Gasteiger charge is 2.27. The molecule has 0 amide bonds. The molecule has 1 N–H and O–H groups in total. The zero-order valence-corrected chi connectivity index (χ0v) is 12.9. The summed E-state index contributed by atoms with van der Waals surface area (Å²) in [5.41, 5.74) is 4.08. The summed E-state index contributed by atoms with van der Waals surface area (Å²) in [7, 11) is 0. The van der Waals surface area contributed by atoms with Crippen LogP contribution >= 0.6 is 11.6 Å². The minimum Gasteiger partial charge on any atom is -0.392 e. The number of aliphatic hydroxyl groups is 1. The predicted octanol–water partition coefficient (Wildman–Crippen LogP) is 5.14. The Labute approximate surface area is 134 Å². The first-order valence-electron chi connectivity index (χ1n) is 7.68. The normalized spacial score (nSPS) is 21.5. The number of rotatable bonds is 1. The van der Waals surface area contributed by atoms with Crippen LogP contribution in [-0.4, -0.2) is 11.2 Å². The van der Waals surface area contributed by atoms with Crippen LogP contribution in [0.4, 0.5) is 0 Å². The summed E-state index contributed by atoms with van der Waals surface area (Å²) in [4.78, 5) is 0. The molecule has 0 heterocycles. The molecule has 0 bridgehead atoms. The van der Waals surface area contributed by atoms with Gasteiger partial charge in [-0.25, -0.2) is 0 Å². The van der Waals surface area contributed by atoms with Gasteiger partial charge in [0, 0.05) is 11.5 Å². The van der Waals surface area contributed by atoms with E-state index >= 15 is 0 Å². The van der Waals surface area contributed by atoms with E-state index in [4.69, 9.17) is 11.6 Å². The minimum atomic E-state index is -0.347. The van der Waals surface area contributed by atoms with E-state index in [2.05, 4.69) is 48.5 Å². The van der Waals surface area contributed by atoms with Crippen molar-refractivity contribution in [2.45, 2.75) is 24.9 Å². The second-order valence-electron chi connectivity index (χ2n) is 5.97. The fourth-order valence-electron chi connectivity index (χ4n) is 3.75. The van der Waals surface area contributed by atoms with Crippen LogP contribution in [0.2, 0.25) is 0 Å². The first kappa shape index (κ1) is 13.8. The Morgan fingerprint density at radius 2 is 1.77 bits per heavy atom. The Kier molecular flexibility index (Phi) is 3.40. The molecule has 1 aliphatic carbocycles. The van der Waals surface area contributed by atoms with Crippen LogP contribution in [-0.2, 0) is 6.42 Å². The van der Waals surface area contributed by atoms with Gasteiger partial charge in [-0.1, -0.05) is 66.2 Å². The molecule has 3 aromatic carbocycles. The van der Waals surface area contributed by atoms with E-state index in [1.807, 2.05) is 6.08 Å². The molecule has 1 nitrogen and oxygen atoms in total. The Morgan fingerprint density at radius 3 is 2.64 bits per heavy atom. The fourth-order valence-corrected chi connectivity index (χ4v) is 3.90. The molecule has 110 valence electrons. The molecule has 3 aromatic rings. The molecule has 0 fully saturated rings. The summed E-state index contributed by atoms with van der Waals surface area (Å²) in [5, 5.41) is 15.4. The van der Waals surface area contributed by atoms with Crippen molar-refractivity contribution in [1.82, 2.24) is 0 Å².